The topological polar surface area (TPSA) is 70.6 Å². The summed E-state index contributed by atoms with van der Waals surface area (Å²) in [5.41, 5.74) is -0.775. The third kappa shape index (κ3) is 3.66. The average molecular weight is 242 g/mol. The normalized spacial score (nSPS) is 28.6. The van der Waals surface area contributed by atoms with Crippen LogP contribution in [0.25, 0.3) is 0 Å². The van der Waals surface area contributed by atoms with Gasteiger partial charge in [-0.05, 0) is 19.4 Å². The minimum atomic E-state index is -0.775. The maximum atomic E-state index is 11.9. The van der Waals surface area contributed by atoms with Gasteiger partial charge in [0.15, 0.2) is 0 Å². The maximum Gasteiger partial charge on any atom is 0.237 e. The van der Waals surface area contributed by atoms with Crippen LogP contribution >= 0.6 is 0 Å². The second kappa shape index (κ2) is 5.80. The van der Waals surface area contributed by atoms with E-state index in [-0.39, 0.29) is 11.9 Å². The summed E-state index contributed by atoms with van der Waals surface area (Å²) in [6.07, 6.45) is 4.35. The molecule has 0 aromatic heterocycles. The van der Waals surface area contributed by atoms with Crippen LogP contribution in [0.1, 0.15) is 32.1 Å². The SMILES string of the molecule is O=C(NCC1(O)CCOCC1)[C@@H]1CCCCN1. The van der Waals surface area contributed by atoms with E-state index in [2.05, 4.69) is 10.6 Å². The van der Waals surface area contributed by atoms with E-state index in [0.717, 1.165) is 25.8 Å². The lowest BCUT2D eigenvalue weighted by Crippen LogP contribution is -2.52. The average Bonchev–Trinajstić information content (AvgIpc) is 2.38. The molecule has 3 N–H and O–H groups in total. The molecular weight excluding hydrogens is 220 g/mol. The molecule has 2 heterocycles. The van der Waals surface area contributed by atoms with E-state index >= 15 is 0 Å². The van der Waals surface area contributed by atoms with Crippen LogP contribution < -0.4 is 10.6 Å². The number of ether oxygens (including phenoxy) is 1. The Bertz CT molecular complexity index is 258. The van der Waals surface area contributed by atoms with E-state index in [4.69, 9.17) is 4.74 Å². The summed E-state index contributed by atoms with van der Waals surface area (Å²) in [7, 11) is 0. The van der Waals surface area contributed by atoms with Gasteiger partial charge in [-0.3, -0.25) is 4.79 Å². The van der Waals surface area contributed by atoms with Crippen LogP contribution in [-0.4, -0.2) is 49.0 Å². The van der Waals surface area contributed by atoms with Gasteiger partial charge in [-0.1, -0.05) is 6.42 Å². The lowest BCUT2D eigenvalue weighted by atomic mass is 9.94. The fourth-order valence-corrected chi connectivity index (χ4v) is 2.38. The first-order valence-corrected chi connectivity index (χ1v) is 6.51. The molecule has 2 fully saturated rings. The van der Waals surface area contributed by atoms with Gasteiger partial charge in [-0.2, -0.15) is 0 Å². The van der Waals surface area contributed by atoms with Crippen LogP contribution in [0.4, 0.5) is 0 Å². The van der Waals surface area contributed by atoms with Crippen molar-refractivity contribution in [2.24, 2.45) is 0 Å². The summed E-state index contributed by atoms with van der Waals surface area (Å²) in [6.45, 7) is 2.41. The fraction of sp³-hybridized carbons (Fsp3) is 0.917. The van der Waals surface area contributed by atoms with Gasteiger partial charge in [0.1, 0.15) is 0 Å². The smallest absolute Gasteiger partial charge is 0.237 e. The number of carbonyl (C=O) groups excluding carboxylic acids is 1. The molecule has 98 valence electrons. The summed E-state index contributed by atoms with van der Waals surface area (Å²) < 4.78 is 5.20. The first-order valence-electron chi connectivity index (χ1n) is 6.51. The van der Waals surface area contributed by atoms with Crippen molar-refractivity contribution in [3.8, 4) is 0 Å². The standard InChI is InChI=1S/C12H22N2O3/c15-11(10-3-1-2-6-13-10)14-9-12(16)4-7-17-8-5-12/h10,13,16H,1-9H2,(H,14,15)/t10-/m0/s1. The van der Waals surface area contributed by atoms with Crippen molar-refractivity contribution in [3.63, 3.8) is 0 Å². The number of rotatable bonds is 3. The number of nitrogens with one attached hydrogen (secondary N) is 2. The Morgan fingerprint density at radius 3 is 2.82 bits per heavy atom. The highest BCUT2D eigenvalue weighted by molar-refractivity contribution is 5.81. The van der Waals surface area contributed by atoms with Crippen molar-refractivity contribution in [2.75, 3.05) is 26.3 Å². The maximum absolute atomic E-state index is 11.9. The molecule has 2 saturated heterocycles. The molecule has 1 amide bonds. The summed E-state index contributed by atoms with van der Waals surface area (Å²) in [6, 6.07) is -0.0767. The number of piperidine rings is 1. The van der Waals surface area contributed by atoms with Crippen molar-refractivity contribution in [3.05, 3.63) is 0 Å². The van der Waals surface area contributed by atoms with E-state index in [1.807, 2.05) is 0 Å². The van der Waals surface area contributed by atoms with Crippen molar-refractivity contribution in [1.29, 1.82) is 0 Å². The molecule has 0 spiro atoms. The molecule has 2 aliphatic heterocycles. The molecule has 17 heavy (non-hydrogen) atoms. The Hall–Kier alpha value is -0.650. The molecule has 0 radical (unpaired) electrons. The van der Waals surface area contributed by atoms with E-state index < -0.39 is 5.60 Å². The van der Waals surface area contributed by atoms with Crippen LogP contribution in [0.3, 0.4) is 0 Å². The molecule has 0 aromatic carbocycles. The minimum absolute atomic E-state index is 0.0182. The number of amides is 1. The molecule has 0 unspecified atom stereocenters. The lowest BCUT2D eigenvalue weighted by molar-refractivity contribution is -0.126. The van der Waals surface area contributed by atoms with Gasteiger partial charge >= 0.3 is 0 Å². The molecule has 5 nitrogen and oxygen atoms in total. The zero-order valence-corrected chi connectivity index (χ0v) is 10.2. The summed E-state index contributed by atoms with van der Waals surface area (Å²) >= 11 is 0. The first-order chi connectivity index (χ1) is 8.20. The molecule has 2 rings (SSSR count). The monoisotopic (exact) mass is 242 g/mol. The van der Waals surface area contributed by atoms with E-state index in [1.54, 1.807) is 0 Å². The van der Waals surface area contributed by atoms with Crippen molar-refractivity contribution >= 4 is 5.91 Å². The Balaban J connectivity index is 1.74. The van der Waals surface area contributed by atoms with Crippen LogP contribution in [0.2, 0.25) is 0 Å². The molecule has 0 aliphatic carbocycles. The van der Waals surface area contributed by atoms with Crippen LogP contribution in [0.15, 0.2) is 0 Å². The first kappa shape index (κ1) is 12.8. The van der Waals surface area contributed by atoms with E-state index in [0.29, 0.717) is 32.6 Å². The molecule has 5 heteroatoms. The zero-order chi connectivity index (χ0) is 12.1. The largest absolute Gasteiger partial charge is 0.388 e. The van der Waals surface area contributed by atoms with Gasteiger partial charge in [-0.25, -0.2) is 0 Å². The second-order valence-electron chi connectivity index (χ2n) is 5.06. The van der Waals surface area contributed by atoms with Crippen molar-refractivity contribution in [1.82, 2.24) is 10.6 Å². The van der Waals surface area contributed by atoms with Gasteiger partial charge in [0.05, 0.1) is 11.6 Å². The highest BCUT2D eigenvalue weighted by Gasteiger charge is 2.31. The fourth-order valence-electron chi connectivity index (χ4n) is 2.38. The number of hydrogen-bond donors (Lipinski definition) is 3. The van der Waals surface area contributed by atoms with Crippen LogP contribution in [0, 0.1) is 0 Å². The molecular formula is C12H22N2O3. The van der Waals surface area contributed by atoms with Crippen LogP contribution in [0.5, 0.6) is 0 Å². The number of aliphatic hydroxyl groups is 1. The molecule has 1 atom stereocenters. The Labute approximate surface area is 102 Å². The molecule has 2 aliphatic rings. The lowest BCUT2D eigenvalue weighted by Gasteiger charge is -2.33. The van der Waals surface area contributed by atoms with Gasteiger partial charge in [0, 0.05) is 32.6 Å². The van der Waals surface area contributed by atoms with Gasteiger partial charge in [0.2, 0.25) is 5.91 Å². The highest BCUT2D eigenvalue weighted by atomic mass is 16.5. The van der Waals surface area contributed by atoms with Crippen molar-refractivity contribution in [2.45, 2.75) is 43.7 Å². The zero-order valence-electron chi connectivity index (χ0n) is 10.2. The predicted molar refractivity (Wildman–Crippen MR) is 63.7 cm³/mol. The molecule has 0 bridgehead atoms. The highest BCUT2D eigenvalue weighted by Crippen LogP contribution is 2.19. The predicted octanol–water partition coefficient (Wildman–Crippen LogP) is -0.214. The van der Waals surface area contributed by atoms with Gasteiger partial charge in [0.25, 0.3) is 0 Å². The van der Waals surface area contributed by atoms with Gasteiger partial charge < -0.3 is 20.5 Å². The summed E-state index contributed by atoms with van der Waals surface area (Å²) in [5, 5.41) is 16.3. The van der Waals surface area contributed by atoms with E-state index in [9.17, 15) is 9.90 Å². The minimum Gasteiger partial charge on any atom is -0.388 e. The Kier molecular flexibility index (Phi) is 4.36. The third-order valence-electron chi connectivity index (χ3n) is 3.64. The Morgan fingerprint density at radius 2 is 2.18 bits per heavy atom. The summed E-state index contributed by atoms with van der Waals surface area (Å²) in [4.78, 5) is 11.9. The quantitative estimate of drug-likeness (QED) is 0.640. The van der Waals surface area contributed by atoms with Crippen molar-refractivity contribution < 1.29 is 14.6 Å². The Morgan fingerprint density at radius 1 is 1.41 bits per heavy atom. The number of carbonyl (C=O) groups is 1. The van der Waals surface area contributed by atoms with E-state index in [1.165, 1.54) is 0 Å². The molecule has 0 aromatic rings. The third-order valence-corrected chi connectivity index (χ3v) is 3.64. The molecule has 0 saturated carbocycles. The summed E-state index contributed by atoms with van der Waals surface area (Å²) in [5.74, 6) is 0.0182. The van der Waals surface area contributed by atoms with Gasteiger partial charge in [-0.15, -0.1) is 0 Å². The van der Waals surface area contributed by atoms with Crippen LogP contribution in [-0.2, 0) is 9.53 Å². The second-order valence-corrected chi connectivity index (χ2v) is 5.06. The number of hydrogen-bond acceptors (Lipinski definition) is 4.